The van der Waals surface area contributed by atoms with Crippen LogP contribution >= 0.6 is 0 Å². The molecule has 1 saturated heterocycles. The minimum Gasteiger partial charge on any atom is -0.393 e. The van der Waals surface area contributed by atoms with Gasteiger partial charge in [0.05, 0.1) is 37.6 Å². The number of carbonyl (C=O) groups is 1. The molecule has 0 bridgehead atoms. The number of amides is 1. The number of rotatable bonds is 7. The van der Waals surface area contributed by atoms with Crippen LogP contribution in [0.1, 0.15) is 69.0 Å². The summed E-state index contributed by atoms with van der Waals surface area (Å²) in [5.41, 5.74) is 4.64. The summed E-state index contributed by atoms with van der Waals surface area (Å²) in [6.45, 7) is 5.29. The first-order valence-corrected chi connectivity index (χ1v) is 13.4. The van der Waals surface area contributed by atoms with E-state index in [9.17, 15) is 9.90 Å². The quantitative estimate of drug-likeness (QED) is 0.606. The molecule has 1 aliphatic heterocycles. The second-order valence-corrected chi connectivity index (χ2v) is 10.5. The van der Waals surface area contributed by atoms with E-state index in [0.717, 1.165) is 50.5 Å². The Balaban J connectivity index is 1.41. The summed E-state index contributed by atoms with van der Waals surface area (Å²) in [6.07, 6.45) is 10.0. The molecule has 9 nitrogen and oxygen atoms in total. The summed E-state index contributed by atoms with van der Waals surface area (Å²) >= 11 is 0. The van der Waals surface area contributed by atoms with Gasteiger partial charge in [-0.15, -0.1) is 5.10 Å². The van der Waals surface area contributed by atoms with Gasteiger partial charge in [-0.25, -0.2) is 9.50 Å². The van der Waals surface area contributed by atoms with Crippen LogP contribution in [0, 0.1) is 5.92 Å². The molecule has 0 unspecified atom stereocenters. The molecule has 2 aromatic heterocycles. The summed E-state index contributed by atoms with van der Waals surface area (Å²) in [5.74, 6) is 1.25. The van der Waals surface area contributed by atoms with E-state index in [1.165, 1.54) is 16.8 Å². The van der Waals surface area contributed by atoms with Gasteiger partial charge in [0, 0.05) is 49.3 Å². The van der Waals surface area contributed by atoms with E-state index in [2.05, 4.69) is 27.0 Å². The maximum absolute atomic E-state index is 13.0. The molecule has 2 aliphatic carbocycles. The number of methoxy groups -OCH3 is 1. The molecule has 196 valence electrons. The molecule has 0 spiro atoms. The molecular formula is C27H39N5O4. The molecule has 3 aliphatic rings. The fourth-order valence-electron chi connectivity index (χ4n) is 5.86. The fourth-order valence-corrected chi connectivity index (χ4v) is 5.86. The van der Waals surface area contributed by atoms with Crippen LogP contribution < -0.4 is 5.32 Å². The Hall–Kier alpha value is -2.49. The minimum atomic E-state index is -0.198. The number of nitrogens with zero attached hydrogens (tertiary/aromatic N) is 4. The average molecular weight is 498 g/mol. The smallest absolute Gasteiger partial charge is 0.241 e. The van der Waals surface area contributed by atoms with E-state index in [1.54, 1.807) is 7.11 Å². The van der Waals surface area contributed by atoms with Crippen LogP contribution in [0.2, 0.25) is 0 Å². The third-order valence-electron chi connectivity index (χ3n) is 7.88. The van der Waals surface area contributed by atoms with Gasteiger partial charge in [0.15, 0.2) is 0 Å². The van der Waals surface area contributed by atoms with Crippen LogP contribution in [0.25, 0.3) is 11.1 Å². The van der Waals surface area contributed by atoms with Gasteiger partial charge in [-0.1, -0.05) is 6.08 Å². The first-order valence-electron chi connectivity index (χ1n) is 13.4. The number of carbonyl (C=O) groups excluding carboxylic acids is 1. The number of aromatic nitrogens is 3. The molecule has 9 heteroatoms. The lowest BCUT2D eigenvalue weighted by atomic mass is 9.84. The van der Waals surface area contributed by atoms with Crippen LogP contribution in [0.15, 0.2) is 18.3 Å². The molecular weight excluding hydrogens is 458 g/mol. The Morgan fingerprint density at radius 3 is 2.72 bits per heavy atom. The Morgan fingerprint density at radius 2 is 2.03 bits per heavy atom. The summed E-state index contributed by atoms with van der Waals surface area (Å²) in [7, 11) is 1.69. The summed E-state index contributed by atoms with van der Waals surface area (Å²) in [4.78, 5) is 19.6. The zero-order valence-corrected chi connectivity index (χ0v) is 21.5. The molecule has 1 amide bonds. The SMILES string of the molecule is COC[C@H](C)Nc1ncc2c(C3=CC[C@@H](C(=O)N4CCOCC4)CC3)cc([C@H]3CC[C@H](O)CC3)n2n1. The molecule has 2 atom stereocenters. The monoisotopic (exact) mass is 497 g/mol. The number of ether oxygens (including phenoxy) is 2. The number of aliphatic hydroxyl groups is 1. The summed E-state index contributed by atoms with van der Waals surface area (Å²) in [5, 5.41) is 18.3. The van der Waals surface area contributed by atoms with Crippen molar-refractivity contribution in [3.8, 4) is 0 Å². The van der Waals surface area contributed by atoms with Crippen molar-refractivity contribution in [1.82, 2.24) is 19.5 Å². The lowest BCUT2D eigenvalue weighted by molar-refractivity contribution is -0.139. The maximum Gasteiger partial charge on any atom is 0.241 e. The van der Waals surface area contributed by atoms with Crippen molar-refractivity contribution >= 4 is 22.9 Å². The maximum atomic E-state index is 13.0. The minimum absolute atomic E-state index is 0.0503. The molecule has 2 fully saturated rings. The lowest BCUT2D eigenvalue weighted by Gasteiger charge is -2.31. The zero-order valence-electron chi connectivity index (χ0n) is 21.5. The van der Waals surface area contributed by atoms with Gasteiger partial charge in [-0.3, -0.25) is 4.79 Å². The predicted octanol–water partition coefficient (Wildman–Crippen LogP) is 3.24. The number of morpholine rings is 1. The number of nitrogens with one attached hydrogen (secondary N) is 1. The molecule has 2 aromatic rings. The number of aliphatic hydroxyl groups excluding tert-OH is 1. The number of hydrogen-bond acceptors (Lipinski definition) is 7. The molecule has 1 saturated carbocycles. The standard InChI is InChI=1S/C27H39N5O4/c1-18(17-35-2)29-27-28-16-25-23(15-24(32(25)30-27)20-7-9-22(33)10-8-20)19-3-5-21(6-4-19)26(34)31-11-13-36-14-12-31/h3,15-16,18,20-22,33H,4-14,17H2,1-2H3,(H,29,30)/t18-,20-,21+,22-/m0/s1. The second kappa shape index (κ2) is 11.3. The van der Waals surface area contributed by atoms with Gasteiger partial charge >= 0.3 is 0 Å². The molecule has 5 rings (SSSR count). The van der Waals surface area contributed by atoms with Crippen LogP contribution in [-0.2, 0) is 14.3 Å². The number of anilines is 1. The highest BCUT2D eigenvalue weighted by molar-refractivity contribution is 5.83. The molecule has 0 aromatic carbocycles. The van der Waals surface area contributed by atoms with E-state index < -0.39 is 0 Å². The molecule has 36 heavy (non-hydrogen) atoms. The van der Waals surface area contributed by atoms with E-state index in [4.69, 9.17) is 14.6 Å². The number of fused-ring (bicyclic) bond motifs is 1. The van der Waals surface area contributed by atoms with E-state index >= 15 is 0 Å². The number of allylic oxidation sites excluding steroid dienone is 2. The third kappa shape index (κ3) is 5.43. The highest BCUT2D eigenvalue weighted by Gasteiger charge is 2.30. The second-order valence-electron chi connectivity index (χ2n) is 10.5. The van der Waals surface area contributed by atoms with Gasteiger partial charge in [0.2, 0.25) is 11.9 Å². The number of hydrogen-bond donors (Lipinski definition) is 2. The van der Waals surface area contributed by atoms with Gasteiger partial charge in [-0.05, 0) is 63.5 Å². The Kier molecular flexibility index (Phi) is 7.88. The Labute approximate surface area is 212 Å². The van der Waals surface area contributed by atoms with Crippen LogP contribution in [0.5, 0.6) is 0 Å². The van der Waals surface area contributed by atoms with Crippen molar-refractivity contribution < 1.29 is 19.4 Å². The predicted molar refractivity (Wildman–Crippen MR) is 138 cm³/mol. The first-order chi connectivity index (χ1) is 17.5. The summed E-state index contributed by atoms with van der Waals surface area (Å²) < 4.78 is 12.7. The largest absolute Gasteiger partial charge is 0.393 e. The topological polar surface area (TPSA) is 101 Å². The average Bonchev–Trinajstić information content (AvgIpc) is 3.28. The van der Waals surface area contributed by atoms with Crippen molar-refractivity contribution in [2.24, 2.45) is 5.92 Å². The van der Waals surface area contributed by atoms with Crippen molar-refractivity contribution in [2.75, 3.05) is 45.3 Å². The van der Waals surface area contributed by atoms with Crippen molar-refractivity contribution in [2.45, 2.75) is 69.9 Å². The molecule has 2 N–H and O–H groups in total. The van der Waals surface area contributed by atoms with Gasteiger partial charge in [0.25, 0.3) is 0 Å². The van der Waals surface area contributed by atoms with Crippen LogP contribution in [-0.4, -0.2) is 82.7 Å². The van der Waals surface area contributed by atoms with Crippen molar-refractivity contribution in [3.05, 3.63) is 29.6 Å². The normalized spacial score (nSPS) is 26.0. The fraction of sp³-hybridized carbons (Fsp3) is 0.667. The van der Waals surface area contributed by atoms with E-state index in [0.29, 0.717) is 44.8 Å². The van der Waals surface area contributed by atoms with Crippen molar-refractivity contribution in [3.63, 3.8) is 0 Å². The van der Waals surface area contributed by atoms with E-state index in [1.807, 2.05) is 18.0 Å². The van der Waals surface area contributed by atoms with Crippen molar-refractivity contribution in [1.29, 1.82) is 0 Å². The molecule has 0 radical (unpaired) electrons. The van der Waals surface area contributed by atoms with Gasteiger partial charge in [-0.2, -0.15) is 0 Å². The van der Waals surface area contributed by atoms with Gasteiger partial charge < -0.3 is 24.8 Å². The van der Waals surface area contributed by atoms with Gasteiger partial charge in [0.1, 0.15) is 0 Å². The highest BCUT2D eigenvalue weighted by Crippen LogP contribution is 2.39. The zero-order chi connectivity index (χ0) is 25.1. The summed E-state index contributed by atoms with van der Waals surface area (Å²) in [6, 6.07) is 2.38. The Bertz CT molecular complexity index is 1090. The van der Waals surface area contributed by atoms with Crippen LogP contribution in [0.4, 0.5) is 5.95 Å². The Morgan fingerprint density at radius 1 is 1.25 bits per heavy atom. The third-order valence-corrected chi connectivity index (χ3v) is 7.88. The first kappa shape index (κ1) is 25.2. The van der Waals surface area contributed by atoms with E-state index in [-0.39, 0.29) is 24.0 Å². The molecule has 3 heterocycles. The van der Waals surface area contributed by atoms with Crippen LogP contribution in [0.3, 0.4) is 0 Å². The highest BCUT2D eigenvalue weighted by atomic mass is 16.5. The lowest BCUT2D eigenvalue weighted by Crippen LogP contribution is -2.44.